The highest BCUT2D eigenvalue weighted by atomic mass is 35.5. The Kier molecular flexibility index (Phi) is 3.78. The van der Waals surface area contributed by atoms with Gasteiger partial charge in [-0.25, -0.2) is 4.79 Å². The summed E-state index contributed by atoms with van der Waals surface area (Å²) in [5, 5.41) is 11.1. The highest BCUT2D eigenvalue weighted by Gasteiger charge is 2.10. The molecule has 0 radical (unpaired) electrons. The zero-order chi connectivity index (χ0) is 13.0. The molecule has 0 fully saturated rings. The summed E-state index contributed by atoms with van der Waals surface area (Å²) >= 11 is 5.65. The number of aromatic amines is 1. The van der Waals surface area contributed by atoms with Gasteiger partial charge in [0, 0.05) is 5.39 Å². The van der Waals surface area contributed by atoms with Crippen molar-refractivity contribution in [3.05, 3.63) is 24.3 Å². The van der Waals surface area contributed by atoms with Gasteiger partial charge in [0.1, 0.15) is 0 Å². The SMILES string of the molecule is CCOC(=O)C(Cl)=NNc1n[nH]c2ccccc12. The Morgan fingerprint density at radius 3 is 3.11 bits per heavy atom. The first-order valence-electron chi connectivity index (χ1n) is 5.31. The number of esters is 1. The maximum atomic E-state index is 11.2. The summed E-state index contributed by atoms with van der Waals surface area (Å²) in [7, 11) is 0. The molecule has 18 heavy (non-hydrogen) atoms. The van der Waals surface area contributed by atoms with E-state index in [0.29, 0.717) is 5.82 Å². The summed E-state index contributed by atoms with van der Waals surface area (Å²) in [6.07, 6.45) is 0. The van der Waals surface area contributed by atoms with E-state index in [-0.39, 0.29) is 11.8 Å². The quantitative estimate of drug-likeness (QED) is 0.504. The predicted molar refractivity (Wildman–Crippen MR) is 69.6 cm³/mol. The molecule has 0 aliphatic carbocycles. The fraction of sp³-hybridized carbons (Fsp3) is 0.182. The molecule has 0 aliphatic rings. The number of hydrogen-bond acceptors (Lipinski definition) is 5. The lowest BCUT2D eigenvalue weighted by Crippen LogP contribution is -2.13. The minimum Gasteiger partial charge on any atom is -0.461 e. The molecule has 7 heteroatoms. The normalized spacial score (nSPS) is 11.6. The molecule has 1 heterocycles. The summed E-state index contributed by atoms with van der Waals surface area (Å²) in [4.78, 5) is 11.2. The average Bonchev–Trinajstić information content (AvgIpc) is 2.79. The number of benzene rings is 1. The van der Waals surface area contributed by atoms with Crippen molar-refractivity contribution in [2.24, 2.45) is 5.10 Å². The molecular formula is C11H11ClN4O2. The molecule has 0 spiro atoms. The van der Waals surface area contributed by atoms with Crippen LogP contribution in [0.1, 0.15) is 6.92 Å². The van der Waals surface area contributed by atoms with Crippen LogP contribution in [0.3, 0.4) is 0 Å². The van der Waals surface area contributed by atoms with E-state index >= 15 is 0 Å². The van der Waals surface area contributed by atoms with Crippen LogP contribution in [0.4, 0.5) is 5.82 Å². The fourth-order valence-corrected chi connectivity index (χ4v) is 1.48. The highest BCUT2D eigenvalue weighted by molar-refractivity contribution is 6.82. The lowest BCUT2D eigenvalue weighted by Gasteiger charge is -1.99. The molecule has 94 valence electrons. The van der Waals surface area contributed by atoms with Gasteiger partial charge in [-0.2, -0.15) is 10.2 Å². The maximum Gasteiger partial charge on any atom is 0.370 e. The topological polar surface area (TPSA) is 79.4 Å². The van der Waals surface area contributed by atoms with Gasteiger partial charge in [0.15, 0.2) is 5.82 Å². The molecule has 0 atom stereocenters. The molecule has 0 saturated carbocycles. The Labute approximate surface area is 108 Å². The minimum absolute atomic E-state index is 0.246. The van der Waals surface area contributed by atoms with E-state index in [0.717, 1.165) is 10.9 Å². The van der Waals surface area contributed by atoms with Gasteiger partial charge in [-0.1, -0.05) is 23.7 Å². The molecule has 0 saturated heterocycles. The van der Waals surface area contributed by atoms with Crippen LogP contribution in [0.15, 0.2) is 29.4 Å². The van der Waals surface area contributed by atoms with E-state index in [2.05, 4.69) is 20.7 Å². The standard InChI is InChI=1S/C11H11ClN4O2/c1-2-18-11(17)9(12)14-16-10-7-5-3-4-6-8(7)13-15-10/h3-6H,2H2,1H3,(H2,13,15,16). The molecule has 0 unspecified atom stereocenters. The monoisotopic (exact) mass is 266 g/mol. The van der Waals surface area contributed by atoms with E-state index in [1.165, 1.54) is 0 Å². The molecule has 6 nitrogen and oxygen atoms in total. The maximum absolute atomic E-state index is 11.2. The second-order valence-corrected chi connectivity index (χ2v) is 3.71. The third-order valence-electron chi connectivity index (χ3n) is 2.17. The smallest absolute Gasteiger partial charge is 0.370 e. The second kappa shape index (κ2) is 5.50. The van der Waals surface area contributed by atoms with Crippen molar-refractivity contribution >= 4 is 39.5 Å². The van der Waals surface area contributed by atoms with E-state index in [1.807, 2.05) is 24.3 Å². The van der Waals surface area contributed by atoms with Gasteiger partial charge in [0.05, 0.1) is 12.1 Å². The molecule has 0 amide bonds. The van der Waals surface area contributed by atoms with Crippen molar-refractivity contribution in [1.82, 2.24) is 10.2 Å². The first-order valence-corrected chi connectivity index (χ1v) is 5.69. The minimum atomic E-state index is -0.675. The third-order valence-corrected chi connectivity index (χ3v) is 2.41. The number of nitrogens with one attached hydrogen (secondary N) is 2. The second-order valence-electron chi connectivity index (χ2n) is 3.35. The van der Waals surface area contributed by atoms with Gasteiger partial charge in [-0.15, -0.1) is 0 Å². The molecule has 0 aliphatic heterocycles. The molecule has 2 aromatic rings. The summed E-state index contributed by atoms with van der Waals surface area (Å²) in [6.45, 7) is 1.94. The van der Waals surface area contributed by atoms with Gasteiger partial charge in [-0.3, -0.25) is 10.5 Å². The Morgan fingerprint density at radius 2 is 2.33 bits per heavy atom. The summed E-state index contributed by atoms with van der Waals surface area (Å²) in [6, 6.07) is 7.51. The number of H-pyrrole nitrogens is 1. The Balaban J connectivity index is 2.15. The van der Waals surface area contributed by atoms with Crippen molar-refractivity contribution in [2.45, 2.75) is 6.92 Å². The van der Waals surface area contributed by atoms with Crippen LogP contribution in [-0.4, -0.2) is 27.9 Å². The number of anilines is 1. The molecule has 1 aromatic heterocycles. The van der Waals surface area contributed by atoms with E-state index in [4.69, 9.17) is 16.3 Å². The van der Waals surface area contributed by atoms with Crippen LogP contribution >= 0.6 is 11.6 Å². The first kappa shape index (κ1) is 12.4. The van der Waals surface area contributed by atoms with Crippen molar-refractivity contribution in [1.29, 1.82) is 0 Å². The number of carbonyl (C=O) groups is 1. The number of halogens is 1. The van der Waals surface area contributed by atoms with Gasteiger partial charge >= 0.3 is 5.97 Å². The molecule has 1 aromatic carbocycles. The number of aromatic nitrogens is 2. The number of hydrazone groups is 1. The summed E-state index contributed by atoms with van der Waals surface area (Å²) in [5.74, 6) is -0.181. The van der Waals surface area contributed by atoms with Crippen LogP contribution in [0.2, 0.25) is 0 Å². The molecule has 2 N–H and O–H groups in total. The Hall–Kier alpha value is -2.08. The number of rotatable bonds is 4. The van der Waals surface area contributed by atoms with Gasteiger partial charge in [0.25, 0.3) is 0 Å². The largest absolute Gasteiger partial charge is 0.461 e. The lowest BCUT2D eigenvalue weighted by atomic mass is 10.2. The van der Waals surface area contributed by atoms with Crippen molar-refractivity contribution < 1.29 is 9.53 Å². The van der Waals surface area contributed by atoms with Gasteiger partial charge in [0.2, 0.25) is 5.17 Å². The molecule has 2 rings (SSSR count). The van der Waals surface area contributed by atoms with Gasteiger partial charge < -0.3 is 4.74 Å². The zero-order valence-corrected chi connectivity index (χ0v) is 10.4. The summed E-state index contributed by atoms with van der Waals surface area (Å²) < 4.78 is 4.69. The predicted octanol–water partition coefficient (Wildman–Crippen LogP) is 2.09. The fourth-order valence-electron chi connectivity index (χ4n) is 1.39. The van der Waals surface area contributed by atoms with E-state index in [1.54, 1.807) is 6.92 Å². The van der Waals surface area contributed by atoms with E-state index in [9.17, 15) is 4.79 Å². The van der Waals surface area contributed by atoms with Crippen molar-refractivity contribution in [3.63, 3.8) is 0 Å². The number of nitrogens with zero attached hydrogens (tertiary/aromatic N) is 2. The number of carbonyl (C=O) groups excluding carboxylic acids is 1. The summed E-state index contributed by atoms with van der Waals surface area (Å²) in [5.41, 5.74) is 3.48. The van der Waals surface area contributed by atoms with Crippen LogP contribution in [0.5, 0.6) is 0 Å². The first-order chi connectivity index (χ1) is 8.72. The number of para-hydroxylation sites is 1. The van der Waals surface area contributed by atoms with Crippen LogP contribution in [-0.2, 0) is 9.53 Å². The van der Waals surface area contributed by atoms with Gasteiger partial charge in [-0.05, 0) is 19.1 Å². The molecular weight excluding hydrogens is 256 g/mol. The number of ether oxygens (including phenoxy) is 1. The molecule has 0 bridgehead atoms. The highest BCUT2D eigenvalue weighted by Crippen LogP contribution is 2.19. The van der Waals surface area contributed by atoms with E-state index < -0.39 is 5.97 Å². The Bertz CT molecular complexity index is 593. The van der Waals surface area contributed by atoms with Crippen LogP contribution < -0.4 is 5.43 Å². The van der Waals surface area contributed by atoms with Crippen LogP contribution in [0.25, 0.3) is 10.9 Å². The van der Waals surface area contributed by atoms with Crippen molar-refractivity contribution in [3.8, 4) is 0 Å². The van der Waals surface area contributed by atoms with Crippen molar-refractivity contribution in [2.75, 3.05) is 12.0 Å². The Morgan fingerprint density at radius 1 is 1.56 bits per heavy atom. The number of fused-ring (bicyclic) bond motifs is 1. The number of hydrogen-bond donors (Lipinski definition) is 2. The zero-order valence-electron chi connectivity index (χ0n) is 9.61. The average molecular weight is 267 g/mol. The third kappa shape index (κ3) is 2.60. The van der Waals surface area contributed by atoms with Crippen LogP contribution in [0, 0.1) is 0 Å². The lowest BCUT2D eigenvalue weighted by molar-refractivity contribution is -0.134.